The molecule has 0 aromatic carbocycles. The van der Waals surface area contributed by atoms with Crippen molar-refractivity contribution in [2.45, 2.75) is 379 Å². The van der Waals surface area contributed by atoms with Crippen molar-refractivity contribution in [3.8, 4) is 0 Å². The van der Waals surface area contributed by atoms with Crippen LogP contribution in [0.25, 0.3) is 0 Å². The number of hydrogen-bond acceptors (Lipinski definition) is 6. The van der Waals surface area contributed by atoms with E-state index in [1.807, 2.05) is 27.2 Å². The SMILES string of the molecule is CCCCCCC/C=C\C/C=C\C/C=C\CCCCCCCCCCCCCCCCCCCCCCC(=O)NC(COP(=O)([O-])OCC[N+](C)(C)C)C(O)/C=C/CC/C=C/CC/C=C/CCCCCCCCCCCCCCCCCCCCCC. The van der Waals surface area contributed by atoms with Crippen molar-refractivity contribution in [3.63, 3.8) is 0 Å². The Morgan fingerprint density at radius 1 is 0.402 bits per heavy atom. The van der Waals surface area contributed by atoms with E-state index in [2.05, 4.69) is 79.9 Å². The lowest BCUT2D eigenvalue weighted by molar-refractivity contribution is -0.870. The molecule has 0 fully saturated rings. The number of allylic oxidation sites excluding steroid dienone is 11. The summed E-state index contributed by atoms with van der Waals surface area (Å²) in [4.78, 5) is 25.7. The highest BCUT2D eigenvalue weighted by molar-refractivity contribution is 7.45. The van der Waals surface area contributed by atoms with Crippen LogP contribution in [-0.2, 0) is 18.4 Å². The lowest BCUT2D eigenvalue weighted by atomic mass is 10.0. The summed E-state index contributed by atoms with van der Waals surface area (Å²) in [6.45, 7) is 4.66. The predicted molar refractivity (Wildman–Crippen MR) is 380 cm³/mol. The number of rotatable bonds is 70. The largest absolute Gasteiger partial charge is 0.756 e. The van der Waals surface area contributed by atoms with Gasteiger partial charge in [-0.15, -0.1) is 0 Å². The third-order valence-corrected chi connectivity index (χ3v) is 18.1. The van der Waals surface area contributed by atoms with Gasteiger partial charge < -0.3 is 28.8 Å². The number of nitrogens with one attached hydrogen (secondary N) is 1. The summed E-state index contributed by atoms with van der Waals surface area (Å²) in [5, 5.41) is 14.0. The van der Waals surface area contributed by atoms with Gasteiger partial charge in [0.25, 0.3) is 7.82 Å². The lowest BCUT2D eigenvalue weighted by Crippen LogP contribution is -2.45. The van der Waals surface area contributed by atoms with E-state index < -0.39 is 26.6 Å². The first-order valence-corrected chi connectivity index (χ1v) is 39.3. The molecule has 3 unspecified atom stereocenters. The van der Waals surface area contributed by atoms with E-state index >= 15 is 0 Å². The van der Waals surface area contributed by atoms with Crippen molar-refractivity contribution in [3.05, 3.63) is 72.9 Å². The van der Waals surface area contributed by atoms with Gasteiger partial charge in [0.05, 0.1) is 39.9 Å². The second kappa shape index (κ2) is 68.3. The third-order valence-electron chi connectivity index (χ3n) is 17.1. The molecule has 0 aliphatic heterocycles. The summed E-state index contributed by atoms with van der Waals surface area (Å²) in [5.74, 6) is -0.206. The summed E-state index contributed by atoms with van der Waals surface area (Å²) in [5.41, 5.74) is 0. The number of amides is 1. The van der Waals surface area contributed by atoms with Gasteiger partial charge in [0.15, 0.2) is 0 Å². The van der Waals surface area contributed by atoms with Crippen molar-refractivity contribution in [1.82, 2.24) is 5.32 Å². The second-order valence-corrected chi connectivity index (χ2v) is 28.4. The van der Waals surface area contributed by atoms with E-state index in [0.717, 1.165) is 57.8 Å². The smallest absolute Gasteiger partial charge is 0.268 e. The third kappa shape index (κ3) is 71.2. The number of unbranched alkanes of at least 4 members (excludes halogenated alkanes) is 47. The Kier molecular flexibility index (Phi) is 66.7. The van der Waals surface area contributed by atoms with Crippen LogP contribution >= 0.6 is 7.82 Å². The molecule has 1 amide bonds. The Bertz CT molecular complexity index is 1650. The molecule has 0 heterocycles. The Morgan fingerprint density at radius 2 is 0.678 bits per heavy atom. The monoisotopic (exact) mass is 1240 g/mol. The Morgan fingerprint density at radius 3 is 1.01 bits per heavy atom. The number of carbonyl (C=O) groups excluding carboxylic acids is 1. The quantitative estimate of drug-likeness (QED) is 0.0272. The Balaban J connectivity index is 4.06. The number of phosphoric ester groups is 1. The summed E-state index contributed by atoms with van der Waals surface area (Å²) >= 11 is 0. The van der Waals surface area contributed by atoms with Crippen molar-refractivity contribution in [1.29, 1.82) is 0 Å². The summed E-state index contributed by atoms with van der Waals surface area (Å²) in [6, 6.07) is -0.914. The molecule has 2 N–H and O–H groups in total. The molecule has 510 valence electrons. The zero-order chi connectivity index (χ0) is 63.4. The van der Waals surface area contributed by atoms with Gasteiger partial charge in [-0.1, -0.05) is 350 Å². The van der Waals surface area contributed by atoms with Crippen LogP contribution in [0.3, 0.4) is 0 Å². The first-order chi connectivity index (χ1) is 42.5. The van der Waals surface area contributed by atoms with Crippen molar-refractivity contribution >= 4 is 13.7 Å². The lowest BCUT2D eigenvalue weighted by Gasteiger charge is -2.29. The Labute approximate surface area is 542 Å². The first kappa shape index (κ1) is 84.9. The van der Waals surface area contributed by atoms with E-state index in [1.54, 1.807) is 6.08 Å². The molecule has 0 rings (SSSR count). The van der Waals surface area contributed by atoms with Gasteiger partial charge in [0.1, 0.15) is 13.2 Å². The van der Waals surface area contributed by atoms with Crippen LogP contribution < -0.4 is 10.2 Å². The number of likely N-dealkylation sites (N-methyl/N-ethyl adjacent to an activating group) is 1. The van der Waals surface area contributed by atoms with Crippen molar-refractivity contribution in [2.75, 3.05) is 40.9 Å². The standard InChI is InChI=1S/C78H147N2O6P/c1-6-8-10-12-14-16-18-20-22-24-26-28-30-32-34-36-38-39-40-41-42-44-46-48-50-52-54-56-58-60-62-64-66-68-70-72-78(82)79-76(75-86-87(83,84)85-74-73-80(3,4)5)77(81)71-69-67-65-63-61-59-57-55-53-51-49-47-45-43-37-35-33-31-29-27-25-23-21-19-17-15-13-11-9-7-2/h18,20,24,26,30,32,53,55,61,63,69,71,76-77,81H,6-17,19,21-23,25,27-29,31,33-52,54,56-60,62,64-68,70,72-75H2,1-5H3,(H-,79,82,83,84)/b20-18-,26-24-,32-30-,55-53+,63-61+,71-69+. The maximum absolute atomic E-state index is 13.1. The number of aliphatic hydroxyl groups is 1. The molecule has 0 spiro atoms. The van der Waals surface area contributed by atoms with Crippen molar-refractivity contribution < 1.29 is 32.9 Å². The molecule has 0 aliphatic carbocycles. The molecule has 0 aliphatic rings. The number of nitrogens with zero attached hydrogens (tertiary/aromatic N) is 1. The Hall–Kier alpha value is -2.06. The van der Waals surface area contributed by atoms with Crippen LogP contribution in [0, 0.1) is 0 Å². The first-order valence-electron chi connectivity index (χ1n) is 37.8. The topological polar surface area (TPSA) is 108 Å². The maximum Gasteiger partial charge on any atom is 0.268 e. The van der Waals surface area contributed by atoms with Crippen LogP contribution in [-0.4, -0.2) is 68.5 Å². The van der Waals surface area contributed by atoms with Gasteiger partial charge in [-0.05, 0) is 83.5 Å². The van der Waals surface area contributed by atoms with Crippen LogP contribution in [0.4, 0.5) is 0 Å². The second-order valence-electron chi connectivity index (χ2n) is 27.0. The number of aliphatic hydroxyl groups excluding tert-OH is 1. The number of quaternary nitrogens is 1. The van der Waals surface area contributed by atoms with Crippen LogP contribution in [0.2, 0.25) is 0 Å². The van der Waals surface area contributed by atoms with E-state index in [4.69, 9.17) is 9.05 Å². The average molecular weight is 1240 g/mol. The fourth-order valence-electron chi connectivity index (χ4n) is 11.3. The van der Waals surface area contributed by atoms with E-state index in [-0.39, 0.29) is 12.5 Å². The molecule has 8 nitrogen and oxygen atoms in total. The molecule has 0 aromatic heterocycles. The minimum atomic E-state index is -4.62. The van der Waals surface area contributed by atoms with E-state index in [1.165, 1.54) is 289 Å². The molecule has 9 heteroatoms. The molecular formula is C78H147N2O6P. The molecular weight excluding hydrogens is 1090 g/mol. The van der Waals surface area contributed by atoms with Gasteiger partial charge in [0.2, 0.25) is 5.91 Å². The minimum absolute atomic E-state index is 0.00952. The van der Waals surface area contributed by atoms with Crippen LogP contribution in [0.5, 0.6) is 0 Å². The van der Waals surface area contributed by atoms with Crippen LogP contribution in [0.15, 0.2) is 72.9 Å². The number of phosphoric acid groups is 1. The minimum Gasteiger partial charge on any atom is -0.756 e. The molecule has 0 bridgehead atoms. The molecule has 0 radical (unpaired) electrons. The molecule has 0 saturated heterocycles. The highest BCUT2D eigenvalue weighted by Crippen LogP contribution is 2.38. The summed E-state index contributed by atoms with van der Waals surface area (Å²) in [6.07, 6.45) is 96.3. The van der Waals surface area contributed by atoms with Gasteiger partial charge in [0, 0.05) is 6.42 Å². The normalized spacial score (nSPS) is 14.0. The zero-order valence-electron chi connectivity index (χ0n) is 58.5. The highest BCUT2D eigenvalue weighted by atomic mass is 31.2. The maximum atomic E-state index is 13.1. The molecule has 0 saturated carbocycles. The van der Waals surface area contributed by atoms with Gasteiger partial charge in [-0.25, -0.2) is 0 Å². The molecule has 0 aromatic rings. The van der Waals surface area contributed by atoms with Gasteiger partial charge in [-0.3, -0.25) is 9.36 Å². The van der Waals surface area contributed by atoms with Crippen molar-refractivity contribution in [2.24, 2.45) is 0 Å². The van der Waals surface area contributed by atoms with E-state index in [9.17, 15) is 19.4 Å². The highest BCUT2D eigenvalue weighted by Gasteiger charge is 2.23. The predicted octanol–water partition coefficient (Wildman–Crippen LogP) is 23.9. The van der Waals surface area contributed by atoms with E-state index in [0.29, 0.717) is 17.4 Å². The number of hydrogen-bond donors (Lipinski definition) is 2. The van der Waals surface area contributed by atoms with Gasteiger partial charge >= 0.3 is 0 Å². The van der Waals surface area contributed by atoms with Gasteiger partial charge in [-0.2, -0.15) is 0 Å². The summed E-state index contributed by atoms with van der Waals surface area (Å²) in [7, 11) is 1.24. The zero-order valence-corrected chi connectivity index (χ0v) is 59.4. The fourth-order valence-corrected chi connectivity index (χ4v) is 12.0. The fraction of sp³-hybridized carbons (Fsp3) is 0.833. The molecule has 3 atom stereocenters. The molecule has 87 heavy (non-hydrogen) atoms. The summed E-state index contributed by atoms with van der Waals surface area (Å²) < 4.78 is 23.5. The number of carbonyl (C=O) groups is 1. The van der Waals surface area contributed by atoms with Crippen LogP contribution in [0.1, 0.15) is 367 Å². The average Bonchev–Trinajstić information content (AvgIpc) is 3.70.